The number of amides is 1. The third-order valence-corrected chi connectivity index (χ3v) is 5.06. The van der Waals surface area contributed by atoms with Gasteiger partial charge in [0.1, 0.15) is 5.60 Å². The minimum atomic E-state index is -1.19. The van der Waals surface area contributed by atoms with E-state index in [9.17, 15) is 9.90 Å². The average molecular weight is 434 g/mol. The van der Waals surface area contributed by atoms with Crippen molar-refractivity contribution >= 4 is 6.09 Å². The van der Waals surface area contributed by atoms with Gasteiger partial charge in [0.25, 0.3) is 0 Å². The number of fused-ring (bicyclic) bond motifs is 1. The molecule has 1 aromatic carbocycles. The van der Waals surface area contributed by atoms with Crippen molar-refractivity contribution in [2.75, 3.05) is 6.79 Å². The van der Waals surface area contributed by atoms with Crippen LogP contribution in [0.5, 0.6) is 11.5 Å². The number of carbonyl (C=O) groups excluding carboxylic acids is 1. The molecule has 2 N–H and O–H groups in total. The van der Waals surface area contributed by atoms with Gasteiger partial charge in [-0.3, -0.25) is 0 Å². The van der Waals surface area contributed by atoms with Gasteiger partial charge in [0.15, 0.2) is 17.6 Å². The number of benzene rings is 1. The minimum absolute atomic E-state index is 0.0265. The Morgan fingerprint density at radius 3 is 2.45 bits per heavy atom. The van der Waals surface area contributed by atoms with E-state index in [1.807, 2.05) is 45.9 Å². The number of aromatic nitrogens is 2. The predicted molar refractivity (Wildman–Crippen MR) is 112 cm³/mol. The SMILES string of the molecule is CC(C)[C@H](NC(=O)OC(C)(C)C)C(O)c1nnc(C(C)(C)c2ccc3c(c2)OCO3)o1. The molecule has 1 aliphatic rings. The molecule has 9 nitrogen and oxygen atoms in total. The highest BCUT2D eigenvalue weighted by Gasteiger charge is 2.35. The van der Waals surface area contributed by atoms with Crippen LogP contribution in [0, 0.1) is 5.92 Å². The lowest BCUT2D eigenvalue weighted by Crippen LogP contribution is -2.45. The van der Waals surface area contributed by atoms with Gasteiger partial charge >= 0.3 is 6.09 Å². The Balaban J connectivity index is 1.79. The van der Waals surface area contributed by atoms with Crippen molar-refractivity contribution in [2.45, 2.75) is 71.6 Å². The van der Waals surface area contributed by atoms with E-state index in [2.05, 4.69) is 15.5 Å². The number of hydrogen-bond donors (Lipinski definition) is 2. The monoisotopic (exact) mass is 433 g/mol. The van der Waals surface area contributed by atoms with Crippen molar-refractivity contribution in [3.05, 3.63) is 35.5 Å². The number of aliphatic hydroxyl groups excluding tert-OH is 1. The first-order valence-electron chi connectivity index (χ1n) is 10.3. The molecule has 2 atom stereocenters. The summed E-state index contributed by atoms with van der Waals surface area (Å²) in [5, 5.41) is 21.8. The molecule has 0 spiro atoms. The van der Waals surface area contributed by atoms with Gasteiger partial charge < -0.3 is 29.1 Å². The molecule has 0 fully saturated rings. The summed E-state index contributed by atoms with van der Waals surface area (Å²) in [4.78, 5) is 12.2. The summed E-state index contributed by atoms with van der Waals surface area (Å²) >= 11 is 0. The fourth-order valence-electron chi connectivity index (χ4n) is 3.22. The van der Waals surface area contributed by atoms with Crippen LogP contribution < -0.4 is 14.8 Å². The van der Waals surface area contributed by atoms with E-state index in [1.165, 1.54) is 0 Å². The normalized spacial score (nSPS) is 15.6. The summed E-state index contributed by atoms with van der Waals surface area (Å²) in [6.07, 6.45) is -1.81. The Bertz CT molecular complexity index is 932. The van der Waals surface area contributed by atoms with Crippen molar-refractivity contribution in [1.29, 1.82) is 0 Å². The van der Waals surface area contributed by atoms with Gasteiger partial charge in [-0.05, 0) is 58.2 Å². The van der Waals surface area contributed by atoms with Gasteiger partial charge in [-0.15, -0.1) is 10.2 Å². The standard InChI is InChI=1S/C22H31N3O6/c1-12(2)16(23-20(27)31-21(3,4)5)17(26)18-24-25-19(30-18)22(6,7)13-8-9-14-15(10-13)29-11-28-14/h8-10,12,16-17,26H,11H2,1-7H3,(H,23,27)/t16-,17?/m0/s1. The average Bonchev–Trinajstić information content (AvgIpc) is 3.32. The maximum atomic E-state index is 12.2. The van der Waals surface area contributed by atoms with Gasteiger partial charge in [-0.1, -0.05) is 19.9 Å². The predicted octanol–water partition coefficient (Wildman–Crippen LogP) is 3.71. The van der Waals surface area contributed by atoms with Crippen LogP contribution >= 0.6 is 0 Å². The van der Waals surface area contributed by atoms with E-state index < -0.39 is 29.3 Å². The van der Waals surface area contributed by atoms with Gasteiger partial charge in [0, 0.05) is 0 Å². The van der Waals surface area contributed by atoms with Gasteiger partial charge in [-0.25, -0.2) is 4.79 Å². The zero-order valence-electron chi connectivity index (χ0n) is 19.1. The van der Waals surface area contributed by atoms with Crippen LogP contribution in [0.1, 0.15) is 71.9 Å². The molecule has 31 heavy (non-hydrogen) atoms. The van der Waals surface area contributed by atoms with Crippen LogP contribution in [0.4, 0.5) is 4.79 Å². The van der Waals surface area contributed by atoms with Crippen LogP contribution in [-0.2, 0) is 10.2 Å². The second kappa shape index (κ2) is 8.37. The first-order chi connectivity index (χ1) is 14.4. The lowest BCUT2D eigenvalue weighted by atomic mass is 9.84. The summed E-state index contributed by atoms with van der Waals surface area (Å²) in [6, 6.07) is 4.96. The fraction of sp³-hybridized carbons (Fsp3) is 0.591. The number of hydrogen-bond acceptors (Lipinski definition) is 8. The molecule has 1 unspecified atom stereocenters. The number of nitrogens with zero attached hydrogens (tertiary/aromatic N) is 2. The van der Waals surface area contributed by atoms with Crippen molar-refractivity contribution < 1.29 is 28.5 Å². The van der Waals surface area contributed by atoms with Crippen LogP contribution in [0.15, 0.2) is 22.6 Å². The van der Waals surface area contributed by atoms with Crippen LogP contribution in [-0.4, -0.2) is 39.8 Å². The summed E-state index contributed by atoms with van der Waals surface area (Å²) in [5.74, 6) is 1.60. The van der Waals surface area contributed by atoms with E-state index in [1.54, 1.807) is 20.8 Å². The molecule has 0 bridgehead atoms. The third kappa shape index (κ3) is 5.10. The summed E-state index contributed by atoms with van der Waals surface area (Å²) in [5.41, 5.74) is -0.394. The number of alkyl carbamates (subject to hydrolysis) is 1. The molecule has 2 heterocycles. The Morgan fingerprint density at radius 1 is 1.13 bits per heavy atom. The van der Waals surface area contributed by atoms with E-state index in [-0.39, 0.29) is 18.6 Å². The molecular weight excluding hydrogens is 402 g/mol. The number of ether oxygens (including phenoxy) is 3. The lowest BCUT2D eigenvalue weighted by molar-refractivity contribution is 0.0324. The Morgan fingerprint density at radius 2 is 1.81 bits per heavy atom. The molecule has 9 heteroatoms. The molecular formula is C22H31N3O6. The van der Waals surface area contributed by atoms with E-state index in [0.717, 1.165) is 5.56 Å². The molecule has 1 amide bonds. The zero-order valence-corrected chi connectivity index (χ0v) is 19.1. The van der Waals surface area contributed by atoms with Crippen LogP contribution in [0.25, 0.3) is 0 Å². The number of aliphatic hydroxyl groups is 1. The second-order valence-corrected chi connectivity index (χ2v) is 9.50. The highest BCUT2D eigenvalue weighted by atomic mass is 16.7. The maximum absolute atomic E-state index is 12.2. The van der Waals surface area contributed by atoms with Crippen molar-refractivity contribution in [2.24, 2.45) is 5.92 Å². The molecule has 1 aliphatic heterocycles. The third-order valence-electron chi connectivity index (χ3n) is 5.06. The van der Waals surface area contributed by atoms with Gasteiger partial charge in [-0.2, -0.15) is 0 Å². The Hall–Kier alpha value is -2.81. The summed E-state index contributed by atoms with van der Waals surface area (Å²) in [7, 11) is 0. The fourth-order valence-corrected chi connectivity index (χ4v) is 3.22. The topological polar surface area (TPSA) is 116 Å². The number of nitrogens with one attached hydrogen (secondary N) is 1. The molecule has 2 aromatic rings. The summed E-state index contributed by atoms with van der Waals surface area (Å²) < 4.78 is 22.0. The molecule has 1 aromatic heterocycles. The quantitative estimate of drug-likeness (QED) is 0.708. The van der Waals surface area contributed by atoms with Crippen LogP contribution in [0.2, 0.25) is 0 Å². The minimum Gasteiger partial charge on any atom is -0.454 e. The molecule has 0 radical (unpaired) electrons. The maximum Gasteiger partial charge on any atom is 0.407 e. The molecule has 0 saturated heterocycles. The van der Waals surface area contributed by atoms with Crippen molar-refractivity contribution in [1.82, 2.24) is 15.5 Å². The van der Waals surface area contributed by atoms with Crippen molar-refractivity contribution in [3.8, 4) is 11.5 Å². The Labute approximate surface area is 182 Å². The van der Waals surface area contributed by atoms with Crippen molar-refractivity contribution in [3.63, 3.8) is 0 Å². The van der Waals surface area contributed by atoms with E-state index in [4.69, 9.17) is 18.6 Å². The van der Waals surface area contributed by atoms with E-state index >= 15 is 0 Å². The molecule has 3 rings (SSSR count). The first-order valence-corrected chi connectivity index (χ1v) is 10.3. The lowest BCUT2D eigenvalue weighted by Gasteiger charge is -2.27. The van der Waals surface area contributed by atoms with Gasteiger partial charge in [0.05, 0.1) is 11.5 Å². The van der Waals surface area contributed by atoms with Crippen LogP contribution in [0.3, 0.4) is 0 Å². The first kappa shape index (κ1) is 22.9. The Kier molecular flexibility index (Phi) is 6.18. The number of carbonyl (C=O) groups is 1. The second-order valence-electron chi connectivity index (χ2n) is 9.50. The highest BCUT2D eigenvalue weighted by Crippen LogP contribution is 2.39. The zero-order chi connectivity index (χ0) is 23.0. The number of rotatable bonds is 6. The highest BCUT2D eigenvalue weighted by molar-refractivity contribution is 5.68. The molecule has 170 valence electrons. The molecule has 0 aliphatic carbocycles. The van der Waals surface area contributed by atoms with E-state index in [0.29, 0.717) is 17.4 Å². The van der Waals surface area contributed by atoms with Gasteiger partial charge in [0.2, 0.25) is 18.6 Å². The smallest absolute Gasteiger partial charge is 0.407 e. The summed E-state index contributed by atoms with van der Waals surface area (Å²) in [6.45, 7) is 13.1. The molecule has 0 saturated carbocycles. The largest absolute Gasteiger partial charge is 0.454 e.